The fourth-order valence-electron chi connectivity index (χ4n) is 2.27. The van der Waals surface area contributed by atoms with E-state index in [9.17, 15) is 14.4 Å². The Kier molecular flexibility index (Phi) is 6.89. The Morgan fingerprint density at radius 2 is 1.81 bits per heavy atom. The predicted octanol–water partition coefficient (Wildman–Crippen LogP) is -2.02. The van der Waals surface area contributed by atoms with Crippen LogP contribution < -0.4 is 5.73 Å². The van der Waals surface area contributed by atoms with Crippen LogP contribution in [0.15, 0.2) is 0 Å². The first-order valence-electron chi connectivity index (χ1n) is 6.81. The molecule has 1 aliphatic heterocycles. The Morgan fingerprint density at radius 1 is 1.10 bits per heavy atom. The van der Waals surface area contributed by atoms with Crippen LogP contribution in [0.1, 0.15) is 6.42 Å². The minimum Gasteiger partial charge on any atom is -0.480 e. The van der Waals surface area contributed by atoms with Crippen LogP contribution in [0.2, 0.25) is 0 Å². The van der Waals surface area contributed by atoms with E-state index in [1.54, 1.807) is 0 Å². The number of urea groups is 1. The third-order valence-electron chi connectivity index (χ3n) is 3.22. The second kappa shape index (κ2) is 8.42. The van der Waals surface area contributed by atoms with E-state index in [1.807, 2.05) is 4.90 Å². The van der Waals surface area contributed by atoms with Crippen LogP contribution in [0.25, 0.3) is 0 Å². The van der Waals surface area contributed by atoms with Gasteiger partial charge < -0.3 is 25.7 Å². The number of carbonyl (C=O) groups excluding carboxylic acids is 2. The largest absolute Gasteiger partial charge is 0.480 e. The highest BCUT2D eigenvalue weighted by atomic mass is 16.4. The van der Waals surface area contributed by atoms with E-state index in [1.165, 1.54) is 4.90 Å². The van der Waals surface area contributed by atoms with E-state index in [2.05, 4.69) is 0 Å². The van der Waals surface area contributed by atoms with Crippen LogP contribution in [-0.4, -0.2) is 95.2 Å². The molecule has 0 aromatic heterocycles. The quantitative estimate of drug-likeness (QED) is 0.519. The Bertz CT molecular complexity index is 374. The predicted molar refractivity (Wildman–Crippen MR) is 73.5 cm³/mol. The van der Waals surface area contributed by atoms with Gasteiger partial charge in [-0.05, 0) is 13.0 Å². The zero-order valence-corrected chi connectivity index (χ0v) is 11.9. The Hall–Kier alpha value is -1.87. The average molecular weight is 302 g/mol. The van der Waals surface area contributed by atoms with Crippen molar-refractivity contribution in [3.8, 4) is 0 Å². The van der Waals surface area contributed by atoms with Crippen LogP contribution in [0.4, 0.5) is 4.79 Å². The van der Waals surface area contributed by atoms with Gasteiger partial charge in [0.25, 0.3) is 0 Å². The van der Waals surface area contributed by atoms with Crippen molar-refractivity contribution in [3.63, 3.8) is 0 Å². The Labute approximate surface area is 122 Å². The van der Waals surface area contributed by atoms with Crippen molar-refractivity contribution in [2.75, 3.05) is 52.4 Å². The lowest BCUT2D eigenvalue weighted by Crippen LogP contribution is -2.49. The van der Waals surface area contributed by atoms with Crippen LogP contribution in [0.3, 0.4) is 0 Å². The molecule has 21 heavy (non-hydrogen) atoms. The molecule has 0 atom stereocenters. The molecule has 0 radical (unpaired) electrons. The van der Waals surface area contributed by atoms with E-state index in [4.69, 9.17) is 15.9 Å². The molecule has 0 bridgehead atoms. The molecule has 0 unspecified atom stereocenters. The zero-order valence-electron chi connectivity index (χ0n) is 11.9. The number of β-amino-alcohol motifs (C(OH)–C–C–N with tert-alkyl or cyclic N) is 1. The molecule has 1 fully saturated rings. The minimum absolute atomic E-state index is 0.0563. The fraction of sp³-hybridized carbons (Fsp3) is 0.750. The van der Waals surface area contributed by atoms with E-state index < -0.39 is 31.0 Å². The molecule has 9 heteroatoms. The van der Waals surface area contributed by atoms with Crippen molar-refractivity contribution in [3.05, 3.63) is 0 Å². The number of nitrogens with two attached hydrogens (primary N) is 1. The van der Waals surface area contributed by atoms with Crippen LogP contribution in [-0.2, 0) is 9.59 Å². The first-order chi connectivity index (χ1) is 9.93. The van der Waals surface area contributed by atoms with Gasteiger partial charge in [0.1, 0.15) is 13.1 Å². The summed E-state index contributed by atoms with van der Waals surface area (Å²) in [6.45, 7) is 1.90. The number of hydrogen-bond acceptors (Lipinski definition) is 5. The fourth-order valence-corrected chi connectivity index (χ4v) is 2.27. The number of carboxylic acids is 1. The summed E-state index contributed by atoms with van der Waals surface area (Å²) in [7, 11) is 0. The minimum atomic E-state index is -1.19. The number of rotatable bonds is 6. The van der Waals surface area contributed by atoms with E-state index >= 15 is 0 Å². The lowest BCUT2D eigenvalue weighted by Gasteiger charge is -2.28. The maximum Gasteiger partial charge on any atom is 0.323 e. The second-order valence-corrected chi connectivity index (χ2v) is 4.90. The number of nitrogens with zero attached hydrogens (tertiary/aromatic N) is 3. The normalized spacial score (nSPS) is 16.3. The maximum atomic E-state index is 12.3. The van der Waals surface area contributed by atoms with Crippen molar-refractivity contribution in [1.82, 2.24) is 14.7 Å². The number of hydrogen-bond donors (Lipinski definition) is 3. The van der Waals surface area contributed by atoms with Gasteiger partial charge in [0.2, 0.25) is 5.91 Å². The average Bonchev–Trinajstić information content (AvgIpc) is 2.62. The van der Waals surface area contributed by atoms with Gasteiger partial charge in [-0.15, -0.1) is 0 Å². The lowest BCUT2D eigenvalue weighted by atomic mass is 10.4. The standard InChI is InChI=1S/C12H22N4O5/c13-10(18)8-16(9-11(19)20)12(21)15-3-1-2-14(4-5-15)6-7-17/h17H,1-9H2,(H2,13,18)(H,19,20). The van der Waals surface area contributed by atoms with Gasteiger partial charge in [-0.3, -0.25) is 14.5 Å². The molecule has 0 aromatic rings. The summed E-state index contributed by atoms with van der Waals surface area (Å²) < 4.78 is 0. The molecule has 1 rings (SSSR count). The van der Waals surface area contributed by atoms with Gasteiger partial charge >= 0.3 is 12.0 Å². The monoisotopic (exact) mass is 302 g/mol. The third kappa shape index (κ3) is 5.96. The van der Waals surface area contributed by atoms with Crippen LogP contribution >= 0.6 is 0 Å². The molecule has 0 spiro atoms. The summed E-state index contributed by atoms with van der Waals surface area (Å²) in [4.78, 5) is 38.5. The summed E-state index contributed by atoms with van der Waals surface area (Å²) in [5.41, 5.74) is 5.05. The number of carboxylic acid groups (broad SMARTS) is 1. The number of aliphatic hydroxyl groups is 1. The molecule has 0 aromatic carbocycles. The molecule has 0 aliphatic carbocycles. The molecule has 120 valence electrons. The van der Waals surface area contributed by atoms with Gasteiger partial charge in [-0.2, -0.15) is 0 Å². The van der Waals surface area contributed by atoms with Crippen molar-refractivity contribution >= 4 is 17.9 Å². The van der Waals surface area contributed by atoms with Gasteiger partial charge in [-0.1, -0.05) is 0 Å². The van der Waals surface area contributed by atoms with Gasteiger partial charge in [-0.25, -0.2) is 4.79 Å². The summed E-state index contributed by atoms with van der Waals surface area (Å²) in [5.74, 6) is -1.94. The van der Waals surface area contributed by atoms with E-state index in [0.717, 1.165) is 17.9 Å². The highest BCUT2D eigenvalue weighted by Crippen LogP contribution is 2.06. The highest BCUT2D eigenvalue weighted by molar-refractivity contribution is 5.86. The highest BCUT2D eigenvalue weighted by Gasteiger charge is 2.26. The van der Waals surface area contributed by atoms with Crippen LogP contribution in [0, 0.1) is 0 Å². The van der Waals surface area contributed by atoms with Crippen molar-refractivity contribution in [2.45, 2.75) is 6.42 Å². The third-order valence-corrected chi connectivity index (χ3v) is 3.22. The van der Waals surface area contributed by atoms with Crippen molar-refractivity contribution in [1.29, 1.82) is 0 Å². The summed E-state index contributed by atoms with van der Waals surface area (Å²) in [6.07, 6.45) is 0.725. The van der Waals surface area contributed by atoms with Crippen molar-refractivity contribution < 1.29 is 24.6 Å². The Morgan fingerprint density at radius 3 is 2.38 bits per heavy atom. The first-order valence-corrected chi connectivity index (χ1v) is 6.81. The van der Waals surface area contributed by atoms with Gasteiger partial charge in [0.05, 0.1) is 6.61 Å². The first kappa shape index (κ1) is 17.2. The molecule has 3 amide bonds. The topological polar surface area (TPSA) is 127 Å². The molecule has 1 saturated heterocycles. The summed E-state index contributed by atoms with van der Waals surface area (Å²) in [5, 5.41) is 17.7. The molecular weight excluding hydrogens is 280 g/mol. The number of carbonyl (C=O) groups is 3. The van der Waals surface area contributed by atoms with Gasteiger partial charge in [0.15, 0.2) is 0 Å². The molecular formula is C12H22N4O5. The molecule has 1 heterocycles. The van der Waals surface area contributed by atoms with Gasteiger partial charge in [0, 0.05) is 26.2 Å². The molecule has 1 aliphatic rings. The van der Waals surface area contributed by atoms with Crippen molar-refractivity contribution in [2.24, 2.45) is 5.73 Å². The lowest BCUT2D eigenvalue weighted by molar-refractivity contribution is -0.138. The smallest absolute Gasteiger partial charge is 0.323 e. The van der Waals surface area contributed by atoms with Crippen LogP contribution in [0.5, 0.6) is 0 Å². The van der Waals surface area contributed by atoms with E-state index in [0.29, 0.717) is 26.2 Å². The number of amides is 3. The Balaban J connectivity index is 2.65. The number of aliphatic hydroxyl groups excluding tert-OH is 1. The summed E-state index contributed by atoms with van der Waals surface area (Å²) >= 11 is 0. The molecule has 4 N–H and O–H groups in total. The van der Waals surface area contributed by atoms with E-state index in [-0.39, 0.29) is 6.61 Å². The maximum absolute atomic E-state index is 12.3. The number of primary amides is 1. The zero-order chi connectivity index (χ0) is 15.8. The number of aliphatic carboxylic acids is 1. The second-order valence-electron chi connectivity index (χ2n) is 4.90. The molecule has 0 saturated carbocycles. The molecule has 9 nitrogen and oxygen atoms in total. The summed E-state index contributed by atoms with van der Waals surface area (Å²) in [6, 6.07) is -0.498. The SMILES string of the molecule is NC(=O)CN(CC(=O)O)C(=O)N1CCCN(CCO)CC1.